The molecule has 307 valence electrons. The van der Waals surface area contributed by atoms with Crippen LogP contribution in [0.15, 0.2) is 120 Å². The van der Waals surface area contributed by atoms with E-state index in [0.717, 1.165) is 49.4 Å². The Morgan fingerprint density at radius 3 is 1.84 bits per heavy atom. The van der Waals surface area contributed by atoms with Gasteiger partial charge in [0.1, 0.15) is 20.2 Å². The first kappa shape index (κ1) is 54.6. The number of carbonyl (C=O) groups excluding carboxylic acids is 2. The molecule has 23 nitrogen and oxygen atoms in total. The van der Waals surface area contributed by atoms with Gasteiger partial charge in [-0.05, 0) is 49.4 Å². The minimum Gasteiger partial charge on any atom is -0.871 e. The van der Waals surface area contributed by atoms with Gasteiger partial charge in [-0.3, -0.25) is 19.7 Å². The number of carbonyl (C=O) groups is 2. The van der Waals surface area contributed by atoms with Crippen molar-refractivity contribution in [2.45, 2.75) is 27.7 Å². The summed E-state index contributed by atoms with van der Waals surface area (Å²) in [4.78, 5) is 31.2. The molecule has 1 unspecified atom stereocenters. The Labute approximate surface area is 400 Å². The summed E-state index contributed by atoms with van der Waals surface area (Å²) < 4.78 is 92.3. The first-order valence-corrected chi connectivity index (χ1v) is 19.7. The third-order valence-electron chi connectivity index (χ3n) is 7.35. The monoisotopic (exact) mass is 953 g/mol. The number of hydrogen-bond acceptors (Lipinski definition) is 20. The Hall–Kier alpha value is -4.44. The van der Waals surface area contributed by atoms with E-state index in [1.165, 1.54) is 0 Å². The Bertz CT molecular complexity index is 2890. The van der Waals surface area contributed by atoms with Crippen molar-refractivity contribution in [3.05, 3.63) is 95.0 Å². The van der Waals surface area contributed by atoms with Crippen molar-refractivity contribution in [1.82, 2.24) is 0 Å². The fourth-order valence-corrected chi connectivity index (χ4v) is 6.50. The zero-order chi connectivity index (χ0) is 43.3. The van der Waals surface area contributed by atoms with E-state index in [2.05, 4.69) is 25.8 Å². The van der Waals surface area contributed by atoms with Crippen LogP contribution in [0.4, 0.5) is 34.1 Å². The molecule has 5 aromatic rings. The summed E-state index contributed by atoms with van der Waals surface area (Å²) in [5.41, 5.74) is 3.04. The van der Waals surface area contributed by atoms with Crippen LogP contribution in [-0.2, 0) is 57.2 Å². The molecule has 0 aromatic heterocycles. The van der Waals surface area contributed by atoms with Gasteiger partial charge in [-0.25, -0.2) is 30.4 Å². The summed E-state index contributed by atoms with van der Waals surface area (Å²) in [5, 5.41) is 67.3. The maximum absolute atomic E-state index is 12.9. The number of nitro benzene ring substituents is 1. The summed E-state index contributed by atoms with van der Waals surface area (Å²) in [7, 11) is -14.7. The molecule has 0 fully saturated rings. The second kappa shape index (κ2) is 22.1. The maximum atomic E-state index is 12.9. The number of Topliss-reactive ketones (excluding diaryl/α,β-unsaturated/α-hetero) is 1. The third kappa shape index (κ3) is 14.0. The van der Waals surface area contributed by atoms with Crippen LogP contribution in [0.1, 0.15) is 6.92 Å². The number of azo groups is 2. The number of amides is 1. The number of nitrogens with one attached hydrogen (secondary N) is 1. The van der Waals surface area contributed by atoms with Crippen molar-refractivity contribution in [2.24, 2.45) is 25.6 Å². The first-order chi connectivity index (χ1) is 26.9. The van der Waals surface area contributed by atoms with Gasteiger partial charge in [-0.1, -0.05) is 47.6 Å². The molecule has 5 N–H and O–H groups in total. The number of benzene rings is 5. The topological polar surface area (TPSA) is 409 Å². The average Bonchev–Trinajstić information content (AvgIpc) is 3.11. The van der Waals surface area contributed by atoms with Gasteiger partial charge in [0.2, 0.25) is 16.1 Å². The third-order valence-corrected chi connectivity index (χ3v) is 10.0. The number of nitrogens with zero attached hydrogens (tertiary/aromatic N) is 5. The second-order valence-electron chi connectivity index (χ2n) is 11.4. The van der Waals surface area contributed by atoms with Gasteiger partial charge in [-0.15, -0.1) is 5.11 Å². The Balaban J connectivity index is 0.000000593. The number of fused-ring (bicyclic) bond motifs is 1. The predicted molar refractivity (Wildman–Crippen MR) is 192 cm³/mol. The van der Waals surface area contributed by atoms with E-state index < -0.39 is 108 Å². The summed E-state index contributed by atoms with van der Waals surface area (Å²) >= 11 is 0. The van der Waals surface area contributed by atoms with Crippen LogP contribution in [0, 0.1) is 10.1 Å². The molecule has 0 aliphatic heterocycles. The summed E-state index contributed by atoms with van der Waals surface area (Å²) in [6, 6.07) is 14.2. The molecule has 1 radical (unpaired) electrons. The first-order valence-electron chi connectivity index (χ1n) is 15.4. The Kier molecular flexibility index (Phi) is 19.8. The number of nitro groups is 1. The normalized spacial score (nSPS) is 11.9. The molecule has 0 heterocycles. The zero-order valence-electron chi connectivity index (χ0n) is 31.3. The van der Waals surface area contributed by atoms with Crippen LogP contribution in [0.5, 0.6) is 17.2 Å². The molecule has 0 saturated heterocycles. The maximum Gasteiger partial charge on any atom is 3.00 e. The fraction of sp³-hybridized carbons (Fsp3) is 0.0625. The van der Waals surface area contributed by atoms with E-state index >= 15 is 0 Å². The van der Waals surface area contributed by atoms with Gasteiger partial charge >= 0.3 is 76.5 Å². The van der Waals surface area contributed by atoms with Crippen molar-refractivity contribution in [3.8, 4) is 17.2 Å². The van der Waals surface area contributed by atoms with Crippen LogP contribution < -0.4 is 90.6 Å². The van der Waals surface area contributed by atoms with E-state index in [4.69, 9.17) is 10.9 Å². The zero-order valence-corrected chi connectivity index (χ0v) is 39.0. The van der Waals surface area contributed by atoms with Crippen molar-refractivity contribution in [3.63, 3.8) is 0 Å². The Morgan fingerprint density at radius 1 is 0.754 bits per heavy atom. The van der Waals surface area contributed by atoms with Crippen LogP contribution in [0.2, 0.25) is 0 Å². The number of anilines is 2. The van der Waals surface area contributed by atoms with Crippen LogP contribution in [0.25, 0.3) is 10.8 Å². The van der Waals surface area contributed by atoms with Gasteiger partial charge in [-0.2, -0.15) is 15.3 Å². The van der Waals surface area contributed by atoms with Crippen molar-refractivity contribution >= 4 is 86.8 Å². The molecule has 1 amide bonds. The molecule has 0 aliphatic rings. The molecule has 0 aliphatic carbocycles. The molecule has 61 heavy (non-hydrogen) atoms. The molecule has 5 aromatic carbocycles. The minimum absolute atomic E-state index is 0. The number of sulfonamides is 1. The number of nitrogens with two attached hydrogens (primary N) is 2. The molecule has 0 spiro atoms. The van der Waals surface area contributed by atoms with E-state index in [1.54, 1.807) is 30.3 Å². The van der Waals surface area contributed by atoms with Crippen LogP contribution in [-0.4, -0.2) is 57.0 Å². The number of hydrogen-bond donors (Lipinski definition) is 3. The SMILES string of the molecule is CC(=O)C(N=Nc1cc(S(N)(=O)=O)ccc1[O-])C(=O)Nc1ccccc1.Nc1ccc(S(=O)(=O)[O-])c2cc(S(=O)(=O)[O-])c(N=Nc3cc([N+](=O)[O-])ccc3[O-])c([O-])c12.[Cr+3].[Na+].[Na+]. The minimum atomic E-state index is -5.49. The van der Waals surface area contributed by atoms with E-state index in [0.29, 0.717) is 17.8 Å². The number of nitrogen functional groups attached to an aromatic ring is 1. The fourth-order valence-electron chi connectivity index (χ4n) is 4.67. The van der Waals surface area contributed by atoms with Gasteiger partial charge in [0.25, 0.3) is 11.6 Å². The smallest absolute Gasteiger partial charge is 0.871 e. The number of non-ortho nitro benzene ring substituents is 1. The molecular formula is C32H23CrN8Na2O15S3. The van der Waals surface area contributed by atoms with Crippen LogP contribution in [0.3, 0.4) is 0 Å². The van der Waals surface area contributed by atoms with Gasteiger partial charge in [0, 0.05) is 34.3 Å². The van der Waals surface area contributed by atoms with Crippen molar-refractivity contribution < 1.29 is 141 Å². The summed E-state index contributed by atoms with van der Waals surface area (Å²) in [5.74, 6) is -4.22. The molecule has 5 rings (SSSR count). The number of rotatable bonds is 11. The largest absolute Gasteiger partial charge is 3.00 e. The molecular weight excluding hydrogens is 931 g/mol. The van der Waals surface area contributed by atoms with E-state index in [9.17, 15) is 69.4 Å². The van der Waals surface area contributed by atoms with Crippen LogP contribution >= 0.6 is 0 Å². The molecule has 29 heteroatoms. The van der Waals surface area contributed by atoms with Crippen molar-refractivity contribution in [1.29, 1.82) is 0 Å². The summed E-state index contributed by atoms with van der Waals surface area (Å²) in [6.07, 6.45) is 0. The van der Waals surface area contributed by atoms with Gasteiger partial charge in [0.15, 0.2) is 5.78 Å². The second-order valence-corrected chi connectivity index (χ2v) is 15.7. The standard InChI is InChI=1S/C16H12N4O10S2.C16H16N4O5S.Cr.2Na/c17-9-2-4-12(31(25,26)27)8-6-13(32(28,29)30)15(16(22)14(8)9)19-18-10-5-7(20(23)24)1-3-11(10)21;1-10(21)15(16(23)18-11-5-3-2-4-6-11)20-19-13-9-12(26(17,24)25)7-8-14(13)22;;;/h1-6,21-22H,17H2,(H,25,26,27)(H,28,29,30);2-9,15,22H,1H3,(H,18,23)(H2,17,24,25);;;/q;;+3;2*+1/p-5. The average molecular weight is 954 g/mol. The van der Waals surface area contributed by atoms with E-state index in [-0.39, 0.29) is 92.7 Å². The van der Waals surface area contributed by atoms with Crippen molar-refractivity contribution in [2.75, 3.05) is 11.1 Å². The Morgan fingerprint density at radius 2 is 1.31 bits per heavy atom. The van der Waals surface area contributed by atoms with E-state index in [1.807, 2.05) is 0 Å². The number of ketones is 1. The molecule has 0 saturated carbocycles. The van der Waals surface area contributed by atoms with Gasteiger partial charge in [0.05, 0.1) is 36.7 Å². The number of primary sulfonamides is 1. The van der Waals surface area contributed by atoms with Gasteiger partial charge < -0.3 is 35.5 Å². The molecule has 1 atom stereocenters. The summed E-state index contributed by atoms with van der Waals surface area (Å²) in [6.45, 7) is 1.15. The molecule has 0 bridgehead atoms. The quantitative estimate of drug-likeness (QED) is 0.0215. The predicted octanol–water partition coefficient (Wildman–Crippen LogP) is -4.21. The number of para-hydroxylation sites is 1.